The first-order valence-corrected chi connectivity index (χ1v) is 9.31. The van der Waals surface area contributed by atoms with Gasteiger partial charge in [-0.25, -0.2) is 11.4 Å². The quantitative estimate of drug-likeness (QED) is 0.271. The number of hydrazone groups is 1. The first-order valence-electron chi connectivity index (χ1n) is 9.31. The second kappa shape index (κ2) is 7.45. The minimum atomic E-state index is -0.128. The molecule has 1 unspecified atom stereocenters. The highest BCUT2D eigenvalue weighted by Crippen LogP contribution is 2.42. The molecule has 27 heavy (non-hydrogen) atoms. The zero-order chi connectivity index (χ0) is 19.6. The second-order valence-corrected chi connectivity index (χ2v) is 7.64. The van der Waals surface area contributed by atoms with E-state index in [-0.39, 0.29) is 5.41 Å². The van der Waals surface area contributed by atoms with Crippen molar-refractivity contribution in [2.24, 2.45) is 22.6 Å². The molecule has 0 radical (unpaired) electrons. The summed E-state index contributed by atoms with van der Waals surface area (Å²) in [6.07, 6.45) is 2.21. The first-order chi connectivity index (χ1) is 12.9. The van der Waals surface area contributed by atoms with Crippen LogP contribution in [0.2, 0.25) is 0 Å². The average Bonchev–Trinajstić information content (AvgIpc) is 3.01. The SMILES string of the molecule is Cc1ccc(C(C)(c2cn(C/C(N)=N/NN)c3ccccc23)C(C)C)cc1. The maximum Gasteiger partial charge on any atom is 0.141 e. The summed E-state index contributed by atoms with van der Waals surface area (Å²) in [5.41, 5.74) is 13.2. The Bertz CT molecular complexity index is 952. The van der Waals surface area contributed by atoms with Gasteiger partial charge in [-0.2, -0.15) is 5.10 Å². The third-order valence-corrected chi connectivity index (χ3v) is 5.69. The van der Waals surface area contributed by atoms with E-state index < -0.39 is 0 Å². The van der Waals surface area contributed by atoms with Crippen molar-refractivity contribution in [3.63, 3.8) is 0 Å². The van der Waals surface area contributed by atoms with Gasteiger partial charge in [0.25, 0.3) is 0 Å². The third-order valence-electron chi connectivity index (χ3n) is 5.69. The van der Waals surface area contributed by atoms with E-state index in [0.717, 1.165) is 5.52 Å². The lowest BCUT2D eigenvalue weighted by Crippen LogP contribution is -2.30. The number of aromatic nitrogens is 1. The van der Waals surface area contributed by atoms with Gasteiger partial charge >= 0.3 is 0 Å². The Labute approximate surface area is 161 Å². The van der Waals surface area contributed by atoms with Crippen LogP contribution in [0.25, 0.3) is 10.9 Å². The van der Waals surface area contributed by atoms with E-state index in [4.69, 9.17) is 11.6 Å². The largest absolute Gasteiger partial charge is 0.384 e. The zero-order valence-electron chi connectivity index (χ0n) is 16.5. The predicted octanol–water partition coefficient (Wildman–Crippen LogP) is 3.65. The van der Waals surface area contributed by atoms with E-state index in [1.54, 1.807) is 0 Å². The van der Waals surface area contributed by atoms with Crippen LogP contribution in [0.3, 0.4) is 0 Å². The van der Waals surface area contributed by atoms with Gasteiger partial charge in [-0.1, -0.05) is 68.8 Å². The van der Waals surface area contributed by atoms with Crippen LogP contribution in [0, 0.1) is 12.8 Å². The number of fused-ring (bicyclic) bond motifs is 1. The molecule has 0 aliphatic heterocycles. The van der Waals surface area contributed by atoms with Crippen molar-refractivity contribution in [2.75, 3.05) is 0 Å². The van der Waals surface area contributed by atoms with Gasteiger partial charge in [0.1, 0.15) is 5.84 Å². The van der Waals surface area contributed by atoms with Crippen molar-refractivity contribution >= 4 is 16.7 Å². The molecule has 3 aromatic rings. The number of nitrogens with zero attached hydrogens (tertiary/aromatic N) is 2. The van der Waals surface area contributed by atoms with Gasteiger partial charge in [-0.05, 0) is 30.0 Å². The summed E-state index contributed by atoms with van der Waals surface area (Å²) < 4.78 is 2.15. The molecular weight excluding hydrogens is 334 g/mol. The molecule has 0 aliphatic rings. The van der Waals surface area contributed by atoms with Gasteiger partial charge in [-0.15, -0.1) is 0 Å². The van der Waals surface area contributed by atoms with E-state index in [2.05, 4.69) is 97.6 Å². The monoisotopic (exact) mass is 363 g/mol. The molecule has 0 bridgehead atoms. The Hall–Kier alpha value is -2.79. The topological polar surface area (TPSA) is 81.4 Å². The van der Waals surface area contributed by atoms with E-state index in [0.29, 0.717) is 18.3 Å². The molecule has 3 rings (SSSR count). The van der Waals surface area contributed by atoms with Gasteiger partial charge in [0.2, 0.25) is 0 Å². The predicted molar refractivity (Wildman–Crippen MR) is 113 cm³/mol. The standard InChI is InChI=1S/C22H29N5/c1-15(2)22(4,17-11-9-16(3)10-12-17)19-13-27(14-21(23)25-26-24)20-8-6-5-7-18(19)20/h5-13,15,26H,14,24H2,1-4H3,(H2,23,25). The lowest BCUT2D eigenvalue weighted by Gasteiger charge is -2.35. The van der Waals surface area contributed by atoms with Gasteiger partial charge < -0.3 is 10.3 Å². The maximum atomic E-state index is 6.00. The molecule has 0 saturated heterocycles. The van der Waals surface area contributed by atoms with Crippen LogP contribution in [0.4, 0.5) is 0 Å². The fourth-order valence-electron chi connectivity index (χ4n) is 3.78. The molecule has 5 heteroatoms. The average molecular weight is 364 g/mol. The lowest BCUT2D eigenvalue weighted by atomic mass is 9.68. The fraction of sp³-hybridized carbons (Fsp3) is 0.318. The Morgan fingerprint density at radius 3 is 2.44 bits per heavy atom. The maximum absolute atomic E-state index is 6.00. The molecule has 1 heterocycles. The van der Waals surface area contributed by atoms with Crippen LogP contribution in [-0.2, 0) is 12.0 Å². The van der Waals surface area contributed by atoms with Crippen molar-refractivity contribution in [3.05, 3.63) is 71.4 Å². The van der Waals surface area contributed by atoms with E-state index in [1.165, 1.54) is 22.1 Å². The zero-order valence-corrected chi connectivity index (χ0v) is 16.5. The third kappa shape index (κ3) is 3.43. The summed E-state index contributed by atoms with van der Waals surface area (Å²) in [6.45, 7) is 9.48. The summed E-state index contributed by atoms with van der Waals surface area (Å²) in [5, 5.41) is 5.14. The molecule has 5 N–H and O–H groups in total. The van der Waals surface area contributed by atoms with E-state index in [9.17, 15) is 0 Å². The highest BCUT2D eigenvalue weighted by atomic mass is 15.5. The van der Waals surface area contributed by atoms with Crippen LogP contribution in [-0.4, -0.2) is 10.4 Å². The molecule has 0 amide bonds. The number of amidine groups is 1. The minimum Gasteiger partial charge on any atom is -0.384 e. The molecule has 0 fully saturated rings. The van der Waals surface area contributed by atoms with Crippen LogP contribution < -0.4 is 17.1 Å². The van der Waals surface area contributed by atoms with Crippen molar-refractivity contribution in [3.8, 4) is 0 Å². The van der Waals surface area contributed by atoms with Crippen LogP contribution in [0.15, 0.2) is 59.8 Å². The van der Waals surface area contributed by atoms with Gasteiger partial charge in [0, 0.05) is 22.5 Å². The van der Waals surface area contributed by atoms with Crippen LogP contribution in [0.5, 0.6) is 0 Å². The number of benzene rings is 2. The molecule has 1 atom stereocenters. The highest BCUT2D eigenvalue weighted by molar-refractivity contribution is 5.88. The first kappa shape index (κ1) is 19.0. The molecule has 2 aromatic carbocycles. The van der Waals surface area contributed by atoms with E-state index >= 15 is 0 Å². The van der Waals surface area contributed by atoms with Crippen molar-refractivity contribution in [2.45, 2.75) is 39.7 Å². The van der Waals surface area contributed by atoms with Crippen LogP contribution >= 0.6 is 0 Å². The minimum absolute atomic E-state index is 0.128. The van der Waals surface area contributed by atoms with Crippen molar-refractivity contribution in [1.29, 1.82) is 0 Å². The van der Waals surface area contributed by atoms with Gasteiger partial charge in [0.05, 0.1) is 6.54 Å². The summed E-state index contributed by atoms with van der Waals surface area (Å²) in [4.78, 5) is 0. The van der Waals surface area contributed by atoms with Crippen molar-refractivity contribution in [1.82, 2.24) is 10.1 Å². The van der Waals surface area contributed by atoms with Crippen LogP contribution in [0.1, 0.15) is 37.5 Å². The van der Waals surface area contributed by atoms with Gasteiger partial charge in [-0.3, -0.25) is 0 Å². The van der Waals surface area contributed by atoms with E-state index in [1.807, 2.05) is 0 Å². The number of nitrogens with two attached hydrogens (primary N) is 2. The highest BCUT2D eigenvalue weighted by Gasteiger charge is 2.35. The number of hydrogen-bond donors (Lipinski definition) is 3. The lowest BCUT2D eigenvalue weighted by molar-refractivity contribution is 0.407. The molecular formula is C22H29N5. The Morgan fingerprint density at radius 2 is 1.81 bits per heavy atom. The summed E-state index contributed by atoms with van der Waals surface area (Å²) in [5.74, 6) is 6.12. The molecule has 0 aliphatic carbocycles. The second-order valence-electron chi connectivity index (χ2n) is 7.64. The summed E-state index contributed by atoms with van der Waals surface area (Å²) >= 11 is 0. The molecule has 5 nitrogen and oxygen atoms in total. The number of rotatable bonds is 6. The number of nitrogens with one attached hydrogen (secondary N) is 1. The Kier molecular flexibility index (Phi) is 5.24. The number of aryl methyl sites for hydroxylation is 1. The van der Waals surface area contributed by atoms with Gasteiger partial charge in [0.15, 0.2) is 0 Å². The Morgan fingerprint density at radius 1 is 1.15 bits per heavy atom. The Balaban J connectivity index is 2.21. The molecule has 1 aromatic heterocycles. The van der Waals surface area contributed by atoms with Crippen molar-refractivity contribution < 1.29 is 0 Å². The number of hydrogen-bond acceptors (Lipinski definition) is 3. The molecule has 142 valence electrons. The fourth-order valence-corrected chi connectivity index (χ4v) is 3.78. The smallest absolute Gasteiger partial charge is 0.141 e. The normalized spacial score (nSPS) is 14.5. The molecule has 0 saturated carbocycles. The summed E-state index contributed by atoms with van der Waals surface area (Å²) in [7, 11) is 0. The number of para-hydroxylation sites is 1. The summed E-state index contributed by atoms with van der Waals surface area (Å²) in [6, 6.07) is 17.3. The molecule has 0 spiro atoms. The number of hydrazine groups is 1.